The molecule has 11 nitrogen and oxygen atoms in total. The third-order valence-corrected chi connectivity index (χ3v) is 7.22. The predicted molar refractivity (Wildman–Crippen MR) is 152 cm³/mol. The van der Waals surface area contributed by atoms with E-state index in [-0.39, 0.29) is 16.6 Å². The molecule has 1 heterocycles. The second-order valence-electron chi connectivity index (χ2n) is 8.68. The maximum atomic E-state index is 13.5. The van der Waals surface area contributed by atoms with Gasteiger partial charge in [-0.05, 0) is 30.3 Å². The molecule has 15 heteroatoms. The van der Waals surface area contributed by atoms with Crippen molar-refractivity contribution < 1.29 is 45.8 Å². The molecule has 1 amide bonds. The number of carboxylic acids is 1. The molecule has 2 aromatic carbocycles. The van der Waals surface area contributed by atoms with Gasteiger partial charge in [-0.25, -0.2) is 13.2 Å². The van der Waals surface area contributed by atoms with Gasteiger partial charge in [-0.3, -0.25) is 9.52 Å². The fraction of sp³-hybridized carbons (Fsp3) is 0.333. The lowest BCUT2D eigenvalue weighted by atomic mass is 10.1. The van der Waals surface area contributed by atoms with Gasteiger partial charge in [0, 0.05) is 50.9 Å². The van der Waals surface area contributed by atoms with Crippen molar-refractivity contribution in [3.05, 3.63) is 67.3 Å². The van der Waals surface area contributed by atoms with E-state index >= 15 is 0 Å². The summed E-state index contributed by atoms with van der Waals surface area (Å²) >= 11 is 0. The molecule has 0 bridgehead atoms. The number of benzene rings is 2. The Labute approximate surface area is 242 Å². The molecule has 42 heavy (non-hydrogen) atoms. The Bertz CT molecular complexity index is 1370. The number of sulfonamides is 1. The van der Waals surface area contributed by atoms with Gasteiger partial charge in [-0.1, -0.05) is 12.2 Å². The molecule has 1 fully saturated rings. The number of methoxy groups -OCH3 is 2. The average molecular weight is 615 g/mol. The average Bonchev–Trinajstić information content (AvgIpc) is 2.96. The molecule has 0 radical (unpaired) electrons. The largest absolute Gasteiger partial charge is 0.497 e. The standard InChI is InChI=1S/C25H32N4O5S.C2HF3O2/c1-5-13-29(14-6-2)25(30)19-7-9-22(28-15-11-26-12-16-28)21(17-19)27-35(31,32)24-18-20(33-3)8-10-23(24)34-4;3-2(4,5)1(6)7/h5-10,17-18,26-27H,1-2,11-16H2,3-4H3;(H,6,7). The fourth-order valence-corrected chi connectivity index (χ4v) is 5.11. The lowest BCUT2D eigenvalue weighted by Gasteiger charge is -2.31. The van der Waals surface area contributed by atoms with E-state index in [2.05, 4.69) is 28.1 Å². The number of hydrogen-bond donors (Lipinski definition) is 3. The molecule has 0 saturated carbocycles. The zero-order valence-electron chi connectivity index (χ0n) is 23.1. The number of nitrogens with zero attached hydrogens (tertiary/aromatic N) is 2. The Hall–Kier alpha value is -4.24. The van der Waals surface area contributed by atoms with Gasteiger partial charge in [-0.2, -0.15) is 13.2 Å². The normalized spacial score (nSPS) is 13.2. The van der Waals surface area contributed by atoms with Crippen molar-refractivity contribution in [3.63, 3.8) is 0 Å². The summed E-state index contributed by atoms with van der Waals surface area (Å²) in [5, 5.41) is 10.4. The van der Waals surface area contributed by atoms with Crippen molar-refractivity contribution in [1.29, 1.82) is 0 Å². The maximum absolute atomic E-state index is 13.5. The van der Waals surface area contributed by atoms with Crippen LogP contribution in [0.4, 0.5) is 24.5 Å². The lowest BCUT2D eigenvalue weighted by molar-refractivity contribution is -0.192. The molecule has 3 rings (SSSR count). The van der Waals surface area contributed by atoms with Crippen LogP contribution in [0, 0.1) is 0 Å². The number of carbonyl (C=O) groups excluding carboxylic acids is 1. The van der Waals surface area contributed by atoms with Gasteiger partial charge in [0.2, 0.25) is 0 Å². The van der Waals surface area contributed by atoms with Crippen LogP contribution in [0.3, 0.4) is 0 Å². The number of alkyl halides is 3. The maximum Gasteiger partial charge on any atom is 0.490 e. The molecule has 0 atom stereocenters. The van der Waals surface area contributed by atoms with Crippen LogP contribution in [0.1, 0.15) is 10.4 Å². The third-order valence-electron chi connectivity index (χ3n) is 5.83. The molecule has 1 aliphatic rings. The van der Waals surface area contributed by atoms with Gasteiger partial charge >= 0.3 is 12.1 Å². The minimum atomic E-state index is -5.08. The van der Waals surface area contributed by atoms with E-state index in [0.29, 0.717) is 48.9 Å². The number of halogens is 3. The summed E-state index contributed by atoms with van der Waals surface area (Å²) in [6.45, 7) is 11.0. The third kappa shape index (κ3) is 9.14. The molecular weight excluding hydrogens is 581 g/mol. The molecular formula is C27H33F3N4O7S. The van der Waals surface area contributed by atoms with Crippen LogP contribution in [0.15, 0.2) is 66.6 Å². The molecule has 2 aromatic rings. The first-order chi connectivity index (χ1) is 19.8. The Kier molecular flexibility index (Phi) is 12.2. The van der Waals surface area contributed by atoms with Gasteiger partial charge in [-0.15, -0.1) is 13.2 Å². The highest BCUT2D eigenvalue weighted by atomic mass is 32.2. The van der Waals surface area contributed by atoms with Crippen molar-refractivity contribution in [2.75, 3.05) is 63.1 Å². The zero-order valence-corrected chi connectivity index (χ0v) is 23.9. The Morgan fingerprint density at radius 3 is 2.17 bits per heavy atom. The van der Waals surface area contributed by atoms with Gasteiger partial charge in [0.25, 0.3) is 15.9 Å². The Balaban J connectivity index is 0.000000782. The van der Waals surface area contributed by atoms with E-state index in [9.17, 15) is 26.4 Å². The molecule has 1 aliphatic heterocycles. The van der Waals surface area contributed by atoms with Crippen molar-refractivity contribution in [1.82, 2.24) is 10.2 Å². The van der Waals surface area contributed by atoms with Crippen LogP contribution >= 0.6 is 0 Å². The van der Waals surface area contributed by atoms with Gasteiger partial charge in [0.1, 0.15) is 16.4 Å². The number of anilines is 2. The van der Waals surface area contributed by atoms with Crippen molar-refractivity contribution in [2.24, 2.45) is 0 Å². The van der Waals surface area contributed by atoms with E-state index in [4.69, 9.17) is 19.4 Å². The Morgan fingerprint density at radius 1 is 1.07 bits per heavy atom. The Morgan fingerprint density at radius 2 is 1.67 bits per heavy atom. The van der Waals surface area contributed by atoms with Crippen LogP contribution in [0.2, 0.25) is 0 Å². The summed E-state index contributed by atoms with van der Waals surface area (Å²) in [5.41, 5.74) is 1.34. The molecule has 1 saturated heterocycles. The highest BCUT2D eigenvalue weighted by Gasteiger charge is 2.38. The molecule has 0 unspecified atom stereocenters. The number of rotatable bonds is 11. The SMILES string of the molecule is C=CCN(CC=C)C(=O)c1ccc(N2CCNCC2)c(NS(=O)(=O)c2cc(OC)ccc2OC)c1.O=C(O)C(F)(F)F. The molecule has 0 aromatic heterocycles. The van der Waals surface area contributed by atoms with Gasteiger partial charge < -0.3 is 29.7 Å². The number of carboxylic acid groups (broad SMARTS) is 1. The molecule has 0 aliphatic carbocycles. The molecule has 0 spiro atoms. The van der Waals surface area contributed by atoms with Crippen LogP contribution in [0.5, 0.6) is 11.5 Å². The van der Waals surface area contributed by atoms with Crippen molar-refractivity contribution in [2.45, 2.75) is 11.1 Å². The van der Waals surface area contributed by atoms with Crippen LogP contribution in [-0.4, -0.2) is 90.0 Å². The van der Waals surface area contributed by atoms with Gasteiger partial charge in [0.15, 0.2) is 0 Å². The topological polar surface area (TPSA) is 138 Å². The minimum Gasteiger partial charge on any atom is -0.497 e. The summed E-state index contributed by atoms with van der Waals surface area (Å²) in [7, 11) is -1.22. The first-order valence-corrected chi connectivity index (χ1v) is 13.9. The lowest BCUT2D eigenvalue weighted by Crippen LogP contribution is -2.43. The zero-order chi connectivity index (χ0) is 31.5. The molecule has 230 valence electrons. The van der Waals surface area contributed by atoms with Crippen LogP contribution < -0.4 is 24.4 Å². The summed E-state index contributed by atoms with van der Waals surface area (Å²) in [6.07, 6.45) is -1.82. The number of hydrogen-bond acceptors (Lipinski definition) is 8. The second kappa shape index (κ2) is 15.1. The molecule has 3 N–H and O–H groups in total. The first-order valence-electron chi connectivity index (χ1n) is 12.4. The van der Waals surface area contributed by atoms with E-state index in [1.807, 2.05) is 0 Å². The summed E-state index contributed by atoms with van der Waals surface area (Å²) < 4.78 is 71.9. The van der Waals surface area contributed by atoms with E-state index in [1.54, 1.807) is 41.3 Å². The summed E-state index contributed by atoms with van der Waals surface area (Å²) in [4.78, 5) is 25.7. The highest BCUT2D eigenvalue weighted by Crippen LogP contribution is 2.34. The van der Waals surface area contributed by atoms with Crippen molar-refractivity contribution in [3.8, 4) is 11.5 Å². The van der Waals surface area contributed by atoms with Crippen LogP contribution in [-0.2, 0) is 14.8 Å². The number of aliphatic carboxylic acids is 1. The number of carbonyl (C=O) groups is 2. The second-order valence-corrected chi connectivity index (χ2v) is 10.3. The van der Waals surface area contributed by atoms with E-state index < -0.39 is 22.2 Å². The number of ether oxygens (including phenoxy) is 2. The summed E-state index contributed by atoms with van der Waals surface area (Å²) in [5.74, 6) is -2.46. The first kappa shape index (κ1) is 34.0. The highest BCUT2D eigenvalue weighted by molar-refractivity contribution is 7.92. The van der Waals surface area contributed by atoms with Gasteiger partial charge in [0.05, 0.1) is 25.6 Å². The number of amides is 1. The fourth-order valence-electron chi connectivity index (χ4n) is 3.86. The smallest absolute Gasteiger partial charge is 0.490 e. The summed E-state index contributed by atoms with van der Waals surface area (Å²) in [6, 6.07) is 9.62. The predicted octanol–water partition coefficient (Wildman–Crippen LogP) is 3.36. The van der Waals surface area contributed by atoms with E-state index in [1.165, 1.54) is 26.4 Å². The van der Waals surface area contributed by atoms with E-state index in [0.717, 1.165) is 13.1 Å². The minimum absolute atomic E-state index is 0.0673. The van der Waals surface area contributed by atoms with Crippen LogP contribution in [0.25, 0.3) is 0 Å². The monoisotopic (exact) mass is 614 g/mol. The quantitative estimate of drug-likeness (QED) is 0.326. The van der Waals surface area contributed by atoms with Crippen molar-refractivity contribution >= 4 is 33.3 Å². The number of piperazine rings is 1. The number of nitrogens with one attached hydrogen (secondary N) is 2.